The second-order valence-corrected chi connectivity index (χ2v) is 6.88. The molecule has 0 unspecified atom stereocenters. The third-order valence-electron chi connectivity index (χ3n) is 2.85. The number of hydrogen-bond donors (Lipinski definition) is 0. The minimum Gasteiger partial charge on any atom is -0.298 e. The normalized spacial score (nSPS) is 12.5. The monoisotopic (exact) mass is 240 g/mol. The van der Waals surface area contributed by atoms with Gasteiger partial charge in [0.1, 0.15) is 4.75 Å². The Morgan fingerprint density at radius 2 is 1.56 bits per heavy atom. The van der Waals surface area contributed by atoms with Crippen LogP contribution in [0.5, 0.6) is 0 Å². The molecule has 0 radical (unpaired) electrons. The van der Waals surface area contributed by atoms with Gasteiger partial charge < -0.3 is 0 Å². The van der Waals surface area contributed by atoms with Gasteiger partial charge in [0.25, 0.3) is 0 Å². The molecule has 0 fully saturated rings. The minimum atomic E-state index is -3.60. The van der Waals surface area contributed by atoms with Crippen LogP contribution in [-0.2, 0) is 14.6 Å². The number of Topliss-reactive ketones (excluding diaryl/α,β-unsaturated/α-hetero) is 1. The van der Waals surface area contributed by atoms with Crippen molar-refractivity contribution < 1.29 is 13.2 Å². The van der Waals surface area contributed by atoms with Crippen LogP contribution in [0.1, 0.15) is 26.3 Å². The van der Waals surface area contributed by atoms with E-state index in [2.05, 4.69) is 0 Å². The Labute approximate surface area is 96.4 Å². The summed E-state index contributed by atoms with van der Waals surface area (Å²) in [5.41, 5.74) is 0.986. The molecule has 1 aromatic rings. The lowest BCUT2D eigenvalue weighted by atomic mass is 10.1. The zero-order chi connectivity index (χ0) is 12.6. The Morgan fingerprint density at radius 3 is 1.94 bits per heavy atom. The van der Waals surface area contributed by atoms with Crippen molar-refractivity contribution in [1.82, 2.24) is 0 Å². The summed E-state index contributed by atoms with van der Waals surface area (Å²) >= 11 is 0. The largest absolute Gasteiger partial charge is 0.298 e. The SMILES string of the molecule is CC(=O)C(C)(C)S(=O)(=O)c1ccc(C)cc1. The third-order valence-corrected chi connectivity index (χ3v) is 5.37. The lowest BCUT2D eigenvalue weighted by molar-refractivity contribution is -0.118. The maximum absolute atomic E-state index is 12.2. The lowest BCUT2D eigenvalue weighted by Crippen LogP contribution is -2.39. The third kappa shape index (κ3) is 2.02. The highest BCUT2D eigenvalue weighted by Gasteiger charge is 2.39. The van der Waals surface area contributed by atoms with E-state index in [1.165, 1.54) is 32.9 Å². The average molecular weight is 240 g/mol. The van der Waals surface area contributed by atoms with Crippen molar-refractivity contribution in [2.24, 2.45) is 0 Å². The predicted molar refractivity (Wildman–Crippen MR) is 63.1 cm³/mol. The van der Waals surface area contributed by atoms with Crippen molar-refractivity contribution in [2.75, 3.05) is 0 Å². The Balaban J connectivity index is 3.33. The number of rotatable bonds is 3. The van der Waals surface area contributed by atoms with Gasteiger partial charge in [-0.3, -0.25) is 4.79 Å². The highest BCUT2D eigenvalue weighted by Crippen LogP contribution is 2.26. The maximum Gasteiger partial charge on any atom is 0.190 e. The summed E-state index contributed by atoms with van der Waals surface area (Å²) in [5, 5.41) is 0. The summed E-state index contributed by atoms with van der Waals surface area (Å²) < 4.78 is 23.0. The predicted octanol–water partition coefficient (Wildman–Crippen LogP) is 2.14. The first kappa shape index (κ1) is 12.9. The molecule has 4 heteroatoms. The molecule has 0 N–H and O–H groups in total. The number of carbonyl (C=O) groups is 1. The molecule has 0 spiro atoms. The Bertz CT molecular complexity index is 496. The number of ketones is 1. The molecule has 0 aliphatic rings. The molecule has 1 rings (SSSR count). The first-order valence-electron chi connectivity index (χ1n) is 5.02. The molecule has 3 nitrogen and oxygen atoms in total. The summed E-state index contributed by atoms with van der Waals surface area (Å²) in [5.74, 6) is -0.354. The number of carbonyl (C=O) groups excluding carboxylic acids is 1. The molecule has 16 heavy (non-hydrogen) atoms. The zero-order valence-electron chi connectivity index (χ0n) is 9.94. The Kier molecular flexibility index (Phi) is 3.24. The van der Waals surface area contributed by atoms with Gasteiger partial charge in [-0.2, -0.15) is 0 Å². The summed E-state index contributed by atoms with van der Waals surface area (Å²) in [6.45, 7) is 6.05. The van der Waals surface area contributed by atoms with Gasteiger partial charge in [-0.05, 0) is 39.8 Å². The molecule has 0 atom stereocenters. The topological polar surface area (TPSA) is 51.2 Å². The number of sulfone groups is 1. The summed E-state index contributed by atoms with van der Waals surface area (Å²) in [7, 11) is -3.60. The highest BCUT2D eigenvalue weighted by molar-refractivity contribution is 7.93. The molecule has 0 saturated heterocycles. The van der Waals surface area contributed by atoms with Gasteiger partial charge in [0, 0.05) is 0 Å². The van der Waals surface area contributed by atoms with Crippen molar-refractivity contribution in [3.8, 4) is 0 Å². The van der Waals surface area contributed by atoms with Crippen LogP contribution < -0.4 is 0 Å². The van der Waals surface area contributed by atoms with E-state index < -0.39 is 14.6 Å². The van der Waals surface area contributed by atoms with E-state index >= 15 is 0 Å². The zero-order valence-corrected chi connectivity index (χ0v) is 10.8. The van der Waals surface area contributed by atoms with Gasteiger partial charge in [0.15, 0.2) is 15.6 Å². The van der Waals surface area contributed by atoms with Crippen molar-refractivity contribution >= 4 is 15.6 Å². The second kappa shape index (κ2) is 4.01. The molecule has 0 bridgehead atoms. The fraction of sp³-hybridized carbons (Fsp3) is 0.417. The van der Waals surface area contributed by atoms with E-state index in [-0.39, 0.29) is 10.7 Å². The van der Waals surface area contributed by atoms with Crippen molar-refractivity contribution in [3.05, 3.63) is 29.8 Å². The van der Waals surface area contributed by atoms with Crippen LogP contribution in [0.3, 0.4) is 0 Å². The first-order chi connectivity index (χ1) is 7.19. The van der Waals surface area contributed by atoms with Gasteiger partial charge in [-0.25, -0.2) is 8.42 Å². The molecular weight excluding hydrogens is 224 g/mol. The standard InChI is InChI=1S/C12H16O3S/c1-9-5-7-11(8-6-9)16(14,15)12(3,4)10(2)13/h5-8H,1-4H3. The molecule has 0 saturated carbocycles. The van der Waals surface area contributed by atoms with Crippen LogP contribution in [0.25, 0.3) is 0 Å². The Morgan fingerprint density at radius 1 is 1.12 bits per heavy atom. The molecule has 0 amide bonds. The summed E-state index contributed by atoms with van der Waals surface area (Å²) in [4.78, 5) is 11.6. The summed E-state index contributed by atoms with van der Waals surface area (Å²) in [6.07, 6.45) is 0. The molecule has 0 aliphatic carbocycles. The van der Waals surface area contributed by atoms with Crippen LogP contribution in [-0.4, -0.2) is 18.9 Å². The van der Waals surface area contributed by atoms with Crippen LogP contribution in [0.4, 0.5) is 0 Å². The van der Waals surface area contributed by atoms with Crippen LogP contribution >= 0.6 is 0 Å². The van der Waals surface area contributed by atoms with E-state index in [1.807, 2.05) is 6.92 Å². The van der Waals surface area contributed by atoms with Crippen LogP contribution in [0.15, 0.2) is 29.2 Å². The molecule has 0 heterocycles. The van der Waals surface area contributed by atoms with Crippen molar-refractivity contribution in [1.29, 1.82) is 0 Å². The van der Waals surface area contributed by atoms with E-state index in [0.717, 1.165) is 5.56 Å². The van der Waals surface area contributed by atoms with E-state index in [9.17, 15) is 13.2 Å². The summed E-state index contributed by atoms with van der Waals surface area (Å²) in [6, 6.07) is 6.52. The maximum atomic E-state index is 12.2. The van der Waals surface area contributed by atoms with Gasteiger partial charge >= 0.3 is 0 Å². The van der Waals surface area contributed by atoms with E-state index in [1.54, 1.807) is 12.1 Å². The van der Waals surface area contributed by atoms with Crippen LogP contribution in [0, 0.1) is 6.92 Å². The van der Waals surface area contributed by atoms with E-state index in [0.29, 0.717) is 0 Å². The fourth-order valence-corrected chi connectivity index (χ4v) is 2.66. The number of aryl methyl sites for hydroxylation is 1. The minimum absolute atomic E-state index is 0.193. The fourth-order valence-electron chi connectivity index (χ4n) is 1.20. The van der Waals surface area contributed by atoms with Crippen molar-refractivity contribution in [3.63, 3.8) is 0 Å². The molecule has 0 aromatic heterocycles. The van der Waals surface area contributed by atoms with E-state index in [4.69, 9.17) is 0 Å². The lowest BCUT2D eigenvalue weighted by Gasteiger charge is -2.21. The highest BCUT2D eigenvalue weighted by atomic mass is 32.2. The van der Waals surface area contributed by atoms with Crippen LogP contribution in [0.2, 0.25) is 0 Å². The quantitative estimate of drug-likeness (QED) is 0.813. The van der Waals surface area contributed by atoms with Gasteiger partial charge in [-0.1, -0.05) is 17.7 Å². The van der Waals surface area contributed by atoms with Gasteiger partial charge in [0.2, 0.25) is 0 Å². The molecule has 88 valence electrons. The number of hydrogen-bond acceptors (Lipinski definition) is 3. The average Bonchev–Trinajstić information content (AvgIpc) is 2.17. The second-order valence-electron chi connectivity index (χ2n) is 4.38. The molecule has 0 aliphatic heterocycles. The smallest absolute Gasteiger partial charge is 0.190 e. The molecular formula is C12H16O3S. The van der Waals surface area contributed by atoms with Gasteiger partial charge in [0.05, 0.1) is 4.90 Å². The first-order valence-corrected chi connectivity index (χ1v) is 6.50. The number of benzene rings is 1. The molecule has 1 aromatic carbocycles. The van der Waals surface area contributed by atoms with Gasteiger partial charge in [-0.15, -0.1) is 0 Å². The van der Waals surface area contributed by atoms with Crippen molar-refractivity contribution in [2.45, 2.75) is 37.3 Å². The Hall–Kier alpha value is -1.16.